The van der Waals surface area contributed by atoms with E-state index in [0.29, 0.717) is 38.4 Å². The summed E-state index contributed by atoms with van der Waals surface area (Å²) in [6, 6.07) is 0.710. The van der Waals surface area contributed by atoms with Crippen LogP contribution in [0, 0.1) is 0 Å². The van der Waals surface area contributed by atoms with E-state index in [0.717, 1.165) is 6.42 Å². The summed E-state index contributed by atoms with van der Waals surface area (Å²) in [4.78, 5) is 3.86. The van der Waals surface area contributed by atoms with E-state index >= 15 is 0 Å². The third-order valence-electron chi connectivity index (χ3n) is 2.66. The quantitative estimate of drug-likeness (QED) is 0.617. The summed E-state index contributed by atoms with van der Waals surface area (Å²) in [5, 5.41) is 4.02. The Morgan fingerprint density at radius 3 is 2.00 bits per heavy atom. The molecule has 0 aliphatic heterocycles. The number of nitrogen functional groups attached to an aromatic ring is 2. The van der Waals surface area contributed by atoms with Crippen molar-refractivity contribution < 1.29 is 13.3 Å². The highest BCUT2D eigenvalue weighted by Crippen LogP contribution is 2.19. The first-order valence-electron chi connectivity index (χ1n) is 6.94. The van der Waals surface area contributed by atoms with E-state index in [1.807, 2.05) is 20.8 Å². The Balaban J connectivity index is 2.58. The van der Waals surface area contributed by atoms with Crippen molar-refractivity contribution in [2.45, 2.75) is 39.8 Å². The molecule has 1 aromatic rings. The lowest BCUT2D eigenvalue weighted by Crippen LogP contribution is -2.46. The van der Waals surface area contributed by atoms with E-state index in [-0.39, 0.29) is 5.95 Å². The fourth-order valence-electron chi connectivity index (χ4n) is 1.98. The van der Waals surface area contributed by atoms with Gasteiger partial charge in [-0.3, -0.25) is 0 Å². The SMILES string of the molecule is CCO[Si](CCCn1nc(N)nc1N)(OCC)OCC. The molecule has 0 atom stereocenters. The predicted octanol–water partition coefficient (Wildman–Crippen LogP) is 0.881. The van der Waals surface area contributed by atoms with Gasteiger partial charge in [0, 0.05) is 32.4 Å². The van der Waals surface area contributed by atoms with E-state index < -0.39 is 8.80 Å². The maximum atomic E-state index is 5.78. The first-order valence-corrected chi connectivity index (χ1v) is 8.87. The van der Waals surface area contributed by atoms with Crippen LogP contribution in [0.3, 0.4) is 0 Å². The molecule has 0 bridgehead atoms. The molecule has 0 saturated carbocycles. The second-order valence-electron chi connectivity index (χ2n) is 4.14. The van der Waals surface area contributed by atoms with Crippen LogP contribution in [-0.2, 0) is 19.8 Å². The normalized spacial score (nSPS) is 11.9. The zero-order valence-electron chi connectivity index (χ0n) is 12.5. The van der Waals surface area contributed by atoms with Crippen LogP contribution < -0.4 is 11.5 Å². The molecule has 1 rings (SSSR count). The molecule has 0 aliphatic carbocycles. The number of hydrogen-bond acceptors (Lipinski definition) is 7. The van der Waals surface area contributed by atoms with Gasteiger partial charge < -0.3 is 24.7 Å². The van der Waals surface area contributed by atoms with Crippen molar-refractivity contribution in [2.75, 3.05) is 31.3 Å². The summed E-state index contributed by atoms with van der Waals surface area (Å²) in [6.07, 6.45) is 0.777. The van der Waals surface area contributed by atoms with E-state index in [2.05, 4.69) is 10.1 Å². The van der Waals surface area contributed by atoms with Gasteiger partial charge in [0.1, 0.15) is 0 Å². The molecule has 0 radical (unpaired) electrons. The van der Waals surface area contributed by atoms with Gasteiger partial charge in [-0.2, -0.15) is 4.98 Å². The molecule has 1 aromatic heterocycles. The lowest BCUT2D eigenvalue weighted by atomic mass is 10.5. The Labute approximate surface area is 120 Å². The molecular formula is C11H25N5O3Si. The third-order valence-corrected chi connectivity index (χ3v) is 5.81. The fourth-order valence-corrected chi connectivity index (χ4v) is 4.58. The van der Waals surface area contributed by atoms with Crippen molar-refractivity contribution in [2.24, 2.45) is 0 Å². The van der Waals surface area contributed by atoms with Gasteiger partial charge in [-0.1, -0.05) is 0 Å². The molecule has 0 amide bonds. The summed E-state index contributed by atoms with van der Waals surface area (Å²) < 4.78 is 18.9. The second-order valence-corrected chi connectivity index (χ2v) is 6.87. The van der Waals surface area contributed by atoms with Crippen LogP contribution in [0.4, 0.5) is 11.9 Å². The maximum Gasteiger partial charge on any atom is 0.500 e. The van der Waals surface area contributed by atoms with Gasteiger partial charge in [0.2, 0.25) is 11.9 Å². The Morgan fingerprint density at radius 1 is 1.05 bits per heavy atom. The highest BCUT2D eigenvalue weighted by atomic mass is 28.4. The number of nitrogens with zero attached hydrogens (tertiary/aromatic N) is 3. The van der Waals surface area contributed by atoms with E-state index in [4.69, 9.17) is 24.7 Å². The molecule has 0 unspecified atom stereocenters. The molecule has 0 spiro atoms. The van der Waals surface area contributed by atoms with Crippen molar-refractivity contribution in [3.05, 3.63) is 0 Å². The average Bonchev–Trinajstić information content (AvgIpc) is 2.69. The van der Waals surface area contributed by atoms with E-state index in [1.165, 1.54) is 0 Å². The van der Waals surface area contributed by atoms with Crippen LogP contribution in [0.1, 0.15) is 27.2 Å². The Bertz CT molecular complexity index is 384. The van der Waals surface area contributed by atoms with Gasteiger partial charge in [0.25, 0.3) is 0 Å². The van der Waals surface area contributed by atoms with Crippen LogP contribution >= 0.6 is 0 Å². The van der Waals surface area contributed by atoms with Crippen LogP contribution in [0.25, 0.3) is 0 Å². The van der Waals surface area contributed by atoms with Crippen molar-refractivity contribution in [3.8, 4) is 0 Å². The Morgan fingerprint density at radius 2 is 1.60 bits per heavy atom. The van der Waals surface area contributed by atoms with Gasteiger partial charge in [-0.25, -0.2) is 4.68 Å². The highest BCUT2D eigenvalue weighted by molar-refractivity contribution is 6.60. The summed E-state index contributed by atoms with van der Waals surface area (Å²) in [6.45, 7) is 8.15. The molecule has 9 heteroatoms. The molecular weight excluding hydrogens is 278 g/mol. The van der Waals surface area contributed by atoms with Crippen molar-refractivity contribution in [1.82, 2.24) is 14.8 Å². The highest BCUT2D eigenvalue weighted by Gasteiger charge is 2.39. The Hall–Kier alpha value is -1.16. The van der Waals surface area contributed by atoms with Gasteiger partial charge in [-0.05, 0) is 27.2 Å². The standard InChI is InChI=1S/C11H25N5O3Si/c1-4-17-20(18-5-2,19-6-3)9-7-8-16-11(13)14-10(12)15-16/h4-9H2,1-3H3,(H4,12,13,14,15). The molecule has 0 saturated heterocycles. The molecule has 0 fully saturated rings. The average molecular weight is 303 g/mol. The molecule has 0 aromatic carbocycles. The lowest BCUT2D eigenvalue weighted by Gasteiger charge is -2.28. The Kier molecular flexibility index (Phi) is 6.92. The summed E-state index contributed by atoms with van der Waals surface area (Å²) in [5.41, 5.74) is 11.2. The zero-order valence-corrected chi connectivity index (χ0v) is 13.5. The van der Waals surface area contributed by atoms with Gasteiger partial charge in [0.15, 0.2) is 0 Å². The van der Waals surface area contributed by atoms with Crippen LogP contribution in [0.5, 0.6) is 0 Å². The molecule has 116 valence electrons. The summed E-state index contributed by atoms with van der Waals surface area (Å²) in [7, 11) is -2.59. The number of anilines is 2. The number of aryl methyl sites for hydroxylation is 1. The lowest BCUT2D eigenvalue weighted by molar-refractivity contribution is 0.0704. The zero-order chi connectivity index (χ0) is 15.0. The maximum absolute atomic E-state index is 5.78. The van der Waals surface area contributed by atoms with Gasteiger partial charge in [0.05, 0.1) is 0 Å². The van der Waals surface area contributed by atoms with Crippen molar-refractivity contribution in [1.29, 1.82) is 0 Å². The minimum atomic E-state index is -2.59. The second kappa shape index (κ2) is 8.20. The molecule has 20 heavy (non-hydrogen) atoms. The van der Waals surface area contributed by atoms with E-state index in [9.17, 15) is 0 Å². The molecule has 8 nitrogen and oxygen atoms in total. The number of rotatable bonds is 10. The third kappa shape index (κ3) is 4.74. The molecule has 1 heterocycles. The van der Waals surface area contributed by atoms with Crippen molar-refractivity contribution in [3.63, 3.8) is 0 Å². The topological polar surface area (TPSA) is 110 Å². The van der Waals surface area contributed by atoms with Gasteiger partial charge in [-0.15, -0.1) is 5.10 Å². The molecule has 4 N–H and O–H groups in total. The summed E-state index contributed by atoms with van der Waals surface area (Å²) in [5.74, 6) is 0.504. The smallest absolute Gasteiger partial charge is 0.374 e. The summed E-state index contributed by atoms with van der Waals surface area (Å²) >= 11 is 0. The first-order chi connectivity index (χ1) is 9.56. The fraction of sp³-hybridized carbons (Fsp3) is 0.818. The van der Waals surface area contributed by atoms with Crippen LogP contribution in [0.2, 0.25) is 6.04 Å². The van der Waals surface area contributed by atoms with Crippen LogP contribution in [0.15, 0.2) is 0 Å². The van der Waals surface area contributed by atoms with Crippen LogP contribution in [-0.4, -0.2) is 43.4 Å². The minimum absolute atomic E-state index is 0.186. The molecule has 0 aliphatic rings. The number of nitrogens with two attached hydrogens (primary N) is 2. The minimum Gasteiger partial charge on any atom is -0.374 e. The van der Waals surface area contributed by atoms with Crippen molar-refractivity contribution >= 4 is 20.7 Å². The van der Waals surface area contributed by atoms with Gasteiger partial charge >= 0.3 is 8.80 Å². The van der Waals surface area contributed by atoms with E-state index in [1.54, 1.807) is 4.68 Å². The number of aromatic nitrogens is 3. The number of hydrogen-bond donors (Lipinski definition) is 2. The largest absolute Gasteiger partial charge is 0.500 e. The monoisotopic (exact) mass is 303 g/mol. The predicted molar refractivity (Wildman–Crippen MR) is 78.9 cm³/mol. The first kappa shape index (κ1) is 16.9.